The molecule has 0 radical (unpaired) electrons. The van der Waals surface area contributed by atoms with Gasteiger partial charge in [0.1, 0.15) is 5.75 Å². The van der Waals surface area contributed by atoms with Crippen LogP contribution >= 0.6 is 11.3 Å². The van der Waals surface area contributed by atoms with Crippen LogP contribution in [0.5, 0.6) is 5.75 Å². The van der Waals surface area contributed by atoms with Gasteiger partial charge in [-0.3, -0.25) is 20.0 Å². The Balaban J connectivity index is 1.39. The number of anilines is 1. The van der Waals surface area contributed by atoms with E-state index >= 15 is 0 Å². The fraction of sp³-hybridized carbons (Fsp3) is 0.357. The zero-order chi connectivity index (χ0) is 25.9. The van der Waals surface area contributed by atoms with Gasteiger partial charge in [-0.15, -0.1) is 0 Å². The molecule has 192 valence electrons. The number of fused-ring (bicyclic) bond motifs is 3. The molecule has 37 heavy (non-hydrogen) atoms. The largest absolute Gasteiger partial charge is 0.494 e. The summed E-state index contributed by atoms with van der Waals surface area (Å²) in [5, 5.41) is 4.03. The van der Waals surface area contributed by atoms with E-state index in [0.29, 0.717) is 30.3 Å². The average Bonchev–Trinajstić information content (AvgIpc) is 3.31. The topological polar surface area (TPSA) is 93.7 Å². The normalized spacial score (nSPS) is 14.4. The van der Waals surface area contributed by atoms with Crippen LogP contribution in [0.3, 0.4) is 0 Å². The number of carbonyl (C=O) groups excluding carboxylic acids is 2. The SMILES string of the molecule is CCOc1ccc2nc(NC(=O)C(CC)OC(=O)c3c4c(nc5ccccc35)CCN(CC)C4)sc2c1. The van der Waals surface area contributed by atoms with Crippen LogP contribution in [-0.4, -0.2) is 52.5 Å². The van der Waals surface area contributed by atoms with Gasteiger partial charge in [0.15, 0.2) is 11.2 Å². The van der Waals surface area contributed by atoms with E-state index in [1.54, 1.807) is 0 Å². The maximum absolute atomic E-state index is 13.6. The van der Waals surface area contributed by atoms with Crippen LogP contribution in [0.2, 0.25) is 0 Å². The van der Waals surface area contributed by atoms with E-state index in [0.717, 1.165) is 57.6 Å². The van der Waals surface area contributed by atoms with Gasteiger partial charge in [-0.25, -0.2) is 9.78 Å². The summed E-state index contributed by atoms with van der Waals surface area (Å²) < 4.78 is 12.3. The van der Waals surface area contributed by atoms with Gasteiger partial charge in [0.25, 0.3) is 5.91 Å². The minimum Gasteiger partial charge on any atom is -0.494 e. The molecule has 3 heterocycles. The molecule has 1 atom stereocenters. The third-order valence-corrected chi connectivity index (χ3v) is 7.52. The Morgan fingerprint density at radius 2 is 1.95 bits per heavy atom. The van der Waals surface area contributed by atoms with Gasteiger partial charge < -0.3 is 9.47 Å². The molecular formula is C28H30N4O4S. The number of rotatable bonds is 8. The first-order valence-corrected chi connectivity index (χ1v) is 13.5. The first kappa shape index (κ1) is 25.1. The highest BCUT2D eigenvalue weighted by Crippen LogP contribution is 2.31. The molecule has 0 saturated heterocycles. The maximum Gasteiger partial charge on any atom is 0.340 e. The number of nitrogens with one attached hydrogen (secondary N) is 1. The molecule has 0 spiro atoms. The molecule has 2 aromatic heterocycles. The van der Waals surface area contributed by atoms with Gasteiger partial charge in [0.05, 0.1) is 27.9 Å². The lowest BCUT2D eigenvalue weighted by Crippen LogP contribution is -2.35. The smallest absolute Gasteiger partial charge is 0.340 e. The quantitative estimate of drug-likeness (QED) is 0.321. The van der Waals surface area contributed by atoms with Crippen LogP contribution in [0.1, 0.15) is 48.8 Å². The number of aromatic nitrogens is 2. The van der Waals surface area contributed by atoms with Gasteiger partial charge in [-0.05, 0) is 44.2 Å². The van der Waals surface area contributed by atoms with Crippen molar-refractivity contribution in [2.24, 2.45) is 0 Å². The van der Waals surface area contributed by atoms with Crippen molar-refractivity contribution in [1.82, 2.24) is 14.9 Å². The van der Waals surface area contributed by atoms with E-state index < -0.39 is 18.0 Å². The average molecular weight is 519 g/mol. The summed E-state index contributed by atoms with van der Waals surface area (Å²) in [4.78, 5) is 38.4. The fourth-order valence-electron chi connectivity index (χ4n) is 4.66. The molecule has 0 saturated carbocycles. The van der Waals surface area contributed by atoms with E-state index in [-0.39, 0.29) is 0 Å². The molecule has 1 unspecified atom stereocenters. The Morgan fingerprint density at radius 1 is 1.11 bits per heavy atom. The summed E-state index contributed by atoms with van der Waals surface area (Å²) in [5.41, 5.74) is 3.85. The molecule has 1 amide bonds. The van der Waals surface area contributed by atoms with Crippen molar-refractivity contribution in [1.29, 1.82) is 0 Å². The van der Waals surface area contributed by atoms with Crippen molar-refractivity contribution in [2.45, 2.75) is 46.3 Å². The highest BCUT2D eigenvalue weighted by Gasteiger charge is 2.29. The predicted octanol–water partition coefficient (Wildman–Crippen LogP) is 5.20. The number of hydrogen-bond acceptors (Lipinski definition) is 8. The van der Waals surface area contributed by atoms with Crippen LogP contribution < -0.4 is 10.1 Å². The van der Waals surface area contributed by atoms with Crippen LogP contribution in [0.4, 0.5) is 5.13 Å². The summed E-state index contributed by atoms with van der Waals surface area (Å²) in [7, 11) is 0. The summed E-state index contributed by atoms with van der Waals surface area (Å²) in [6, 6.07) is 13.2. The number of carbonyl (C=O) groups is 2. The molecule has 4 aromatic rings. The van der Waals surface area contributed by atoms with Gasteiger partial charge in [0.2, 0.25) is 0 Å². The number of para-hydroxylation sites is 1. The second-order valence-corrected chi connectivity index (χ2v) is 9.95. The molecule has 1 aliphatic heterocycles. The number of esters is 1. The van der Waals surface area contributed by atoms with Gasteiger partial charge in [-0.2, -0.15) is 0 Å². The number of pyridine rings is 1. The number of amides is 1. The van der Waals surface area contributed by atoms with E-state index in [2.05, 4.69) is 22.1 Å². The molecule has 0 aliphatic carbocycles. The van der Waals surface area contributed by atoms with E-state index in [1.165, 1.54) is 11.3 Å². The van der Waals surface area contributed by atoms with Crippen molar-refractivity contribution in [3.8, 4) is 5.75 Å². The highest BCUT2D eigenvalue weighted by molar-refractivity contribution is 7.22. The number of benzene rings is 2. The number of nitrogens with zero attached hydrogens (tertiary/aromatic N) is 3. The fourth-order valence-corrected chi connectivity index (χ4v) is 5.56. The number of thiazole rings is 1. The van der Waals surface area contributed by atoms with E-state index in [1.807, 2.05) is 56.3 Å². The molecule has 1 aliphatic rings. The van der Waals surface area contributed by atoms with Crippen LogP contribution in [0.25, 0.3) is 21.1 Å². The summed E-state index contributed by atoms with van der Waals surface area (Å²) in [6.07, 6.45) is 0.157. The zero-order valence-electron chi connectivity index (χ0n) is 21.2. The number of ether oxygens (including phenoxy) is 2. The Labute approximate surface area is 219 Å². The first-order valence-electron chi connectivity index (χ1n) is 12.7. The van der Waals surface area contributed by atoms with Crippen molar-refractivity contribution in [2.75, 3.05) is 25.0 Å². The number of hydrogen-bond donors (Lipinski definition) is 1. The summed E-state index contributed by atoms with van der Waals surface area (Å²) in [6.45, 7) is 8.85. The second-order valence-electron chi connectivity index (χ2n) is 8.92. The van der Waals surface area contributed by atoms with Crippen LogP contribution in [0.15, 0.2) is 42.5 Å². The van der Waals surface area contributed by atoms with Crippen molar-refractivity contribution < 1.29 is 19.1 Å². The second kappa shape index (κ2) is 10.8. The monoisotopic (exact) mass is 518 g/mol. The highest BCUT2D eigenvalue weighted by atomic mass is 32.1. The molecule has 2 aromatic carbocycles. The third-order valence-electron chi connectivity index (χ3n) is 6.59. The summed E-state index contributed by atoms with van der Waals surface area (Å²) in [5.74, 6) is -0.144. The van der Waals surface area contributed by atoms with Crippen LogP contribution in [-0.2, 0) is 22.5 Å². The lowest BCUT2D eigenvalue weighted by atomic mass is 9.95. The summed E-state index contributed by atoms with van der Waals surface area (Å²) >= 11 is 1.35. The predicted molar refractivity (Wildman–Crippen MR) is 145 cm³/mol. The van der Waals surface area contributed by atoms with Crippen LogP contribution in [0, 0.1) is 0 Å². The zero-order valence-corrected chi connectivity index (χ0v) is 22.1. The first-order chi connectivity index (χ1) is 18.0. The third kappa shape index (κ3) is 5.14. The Hall–Kier alpha value is -3.56. The molecular weight excluding hydrogens is 488 g/mol. The van der Waals surface area contributed by atoms with E-state index in [9.17, 15) is 9.59 Å². The Morgan fingerprint density at radius 3 is 2.73 bits per heavy atom. The Bertz CT molecular complexity index is 1470. The van der Waals surface area contributed by atoms with Crippen molar-refractivity contribution >= 4 is 49.5 Å². The number of likely N-dealkylation sites (N-methyl/N-ethyl adjacent to an activating group) is 1. The van der Waals surface area contributed by atoms with E-state index in [4.69, 9.17) is 14.5 Å². The van der Waals surface area contributed by atoms with Gasteiger partial charge >= 0.3 is 5.97 Å². The van der Waals surface area contributed by atoms with Crippen molar-refractivity contribution in [3.05, 3.63) is 59.3 Å². The minimum absolute atomic E-state index is 0.337. The molecule has 0 bridgehead atoms. The molecule has 9 heteroatoms. The lowest BCUT2D eigenvalue weighted by Gasteiger charge is -2.29. The lowest BCUT2D eigenvalue weighted by molar-refractivity contribution is -0.124. The minimum atomic E-state index is -0.952. The van der Waals surface area contributed by atoms with Gasteiger partial charge in [-0.1, -0.05) is 43.4 Å². The Kier molecular flexibility index (Phi) is 7.34. The molecule has 1 N–H and O–H groups in total. The van der Waals surface area contributed by atoms with Crippen molar-refractivity contribution in [3.63, 3.8) is 0 Å². The molecule has 5 rings (SSSR count). The molecule has 8 nitrogen and oxygen atoms in total. The maximum atomic E-state index is 13.6. The van der Waals surface area contributed by atoms with Gasteiger partial charge in [0, 0.05) is 36.2 Å². The standard InChI is InChI=1S/C28H30N4O4S/c1-4-23(26(33)31-28-30-22-12-11-17(35-6-3)15-24(22)37-28)36-27(34)25-18-9-7-8-10-20(18)29-21-13-14-32(5-2)16-19(21)25/h7-12,15,23H,4-6,13-14,16H2,1-3H3,(H,30,31,33). The molecule has 0 fully saturated rings.